The van der Waals surface area contributed by atoms with Crippen molar-refractivity contribution in [1.82, 2.24) is 10.7 Å². The van der Waals surface area contributed by atoms with Crippen LogP contribution >= 0.6 is 33.9 Å². The summed E-state index contributed by atoms with van der Waals surface area (Å²) < 4.78 is 6.25. The van der Waals surface area contributed by atoms with Gasteiger partial charge in [0.15, 0.2) is 11.5 Å². The summed E-state index contributed by atoms with van der Waals surface area (Å²) in [5.41, 5.74) is 3.25. The Balaban J connectivity index is 1.78. The highest BCUT2D eigenvalue weighted by Crippen LogP contribution is 2.31. The van der Waals surface area contributed by atoms with Crippen molar-refractivity contribution in [2.45, 2.75) is 6.92 Å². The summed E-state index contributed by atoms with van der Waals surface area (Å²) in [4.78, 5) is 26.1. The number of nitrogens with zero attached hydrogens (tertiary/aromatic N) is 1. The van der Waals surface area contributed by atoms with Crippen LogP contribution in [0.5, 0.6) is 11.5 Å². The van der Waals surface area contributed by atoms with Crippen molar-refractivity contribution in [2.75, 3.05) is 6.61 Å². The van der Waals surface area contributed by atoms with Gasteiger partial charge in [0.2, 0.25) is 0 Å². The summed E-state index contributed by atoms with van der Waals surface area (Å²) in [7, 11) is 0. The standard InChI is InChI=1S/C23H20IN3O4S/c1-2-31-20-12-17(24)11-16(21(20)28)14-25-27-23(30)19(13-18-9-6-10-32-18)26-22(29)15-7-4-3-5-8-15/h3-14,28H,2H2,1H3,(H,26,29)(H,27,30)/b19-13-,25-14-. The monoisotopic (exact) mass is 561 g/mol. The van der Waals surface area contributed by atoms with Crippen molar-refractivity contribution < 1.29 is 19.4 Å². The van der Waals surface area contributed by atoms with E-state index in [2.05, 4.69) is 38.4 Å². The van der Waals surface area contributed by atoms with Gasteiger partial charge in [-0.25, -0.2) is 5.43 Å². The van der Waals surface area contributed by atoms with E-state index in [1.54, 1.807) is 48.5 Å². The number of benzene rings is 2. The Morgan fingerprint density at radius 2 is 1.97 bits per heavy atom. The van der Waals surface area contributed by atoms with Crippen molar-refractivity contribution in [3.8, 4) is 11.5 Å². The molecule has 7 nitrogen and oxygen atoms in total. The molecule has 164 valence electrons. The molecule has 3 aromatic rings. The Kier molecular flexibility index (Phi) is 8.40. The molecule has 3 N–H and O–H groups in total. The summed E-state index contributed by atoms with van der Waals surface area (Å²) >= 11 is 3.53. The molecule has 2 aromatic carbocycles. The highest BCUT2D eigenvalue weighted by Gasteiger charge is 2.15. The first-order valence-electron chi connectivity index (χ1n) is 9.58. The topological polar surface area (TPSA) is 100 Å². The second-order valence-electron chi connectivity index (χ2n) is 6.37. The lowest BCUT2D eigenvalue weighted by molar-refractivity contribution is -0.117. The summed E-state index contributed by atoms with van der Waals surface area (Å²) in [6.45, 7) is 2.22. The fourth-order valence-corrected chi connectivity index (χ4v) is 3.91. The number of rotatable bonds is 8. The molecule has 0 unspecified atom stereocenters. The second-order valence-corrected chi connectivity index (χ2v) is 8.59. The van der Waals surface area contributed by atoms with E-state index in [0.717, 1.165) is 8.45 Å². The minimum Gasteiger partial charge on any atom is -0.504 e. The number of ether oxygens (including phenoxy) is 1. The van der Waals surface area contributed by atoms with Gasteiger partial charge in [0, 0.05) is 19.6 Å². The smallest absolute Gasteiger partial charge is 0.287 e. The maximum atomic E-state index is 12.8. The average molecular weight is 561 g/mol. The molecule has 0 aliphatic heterocycles. The van der Waals surface area contributed by atoms with E-state index in [4.69, 9.17) is 4.74 Å². The van der Waals surface area contributed by atoms with Crippen LogP contribution in [-0.4, -0.2) is 29.7 Å². The van der Waals surface area contributed by atoms with Crippen molar-refractivity contribution >= 4 is 58.0 Å². The van der Waals surface area contributed by atoms with Gasteiger partial charge in [0.1, 0.15) is 5.70 Å². The van der Waals surface area contributed by atoms with Crippen LogP contribution in [0.25, 0.3) is 6.08 Å². The first kappa shape index (κ1) is 23.5. The molecule has 0 saturated carbocycles. The van der Waals surface area contributed by atoms with E-state index in [9.17, 15) is 14.7 Å². The van der Waals surface area contributed by atoms with Gasteiger partial charge < -0.3 is 15.2 Å². The van der Waals surface area contributed by atoms with Crippen molar-refractivity contribution in [3.63, 3.8) is 0 Å². The number of amides is 2. The van der Waals surface area contributed by atoms with Crippen molar-refractivity contribution in [1.29, 1.82) is 0 Å². The Bertz CT molecular complexity index is 1150. The fraction of sp³-hybridized carbons (Fsp3) is 0.0870. The first-order valence-corrected chi connectivity index (χ1v) is 11.5. The Labute approximate surface area is 203 Å². The van der Waals surface area contributed by atoms with Crippen LogP contribution in [0.2, 0.25) is 0 Å². The summed E-state index contributed by atoms with van der Waals surface area (Å²) in [5, 5.41) is 18.8. The van der Waals surface area contributed by atoms with Crippen LogP contribution in [0, 0.1) is 3.57 Å². The molecule has 0 aliphatic rings. The van der Waals surface area contributed by atoms with E-state index in [1.807, 2.05) is 24.4 Å². The molecule has 2 amide bonds. The number of hydrogen-bond acceptors (Lipinski definition) is 6. The lowest BCUT2D eigenvalue weighted by Crippen LogP contribution is -2.32. The molecule has 9 heteroatoms. The van der Waals surface area contributed by atoms with Gasteiger partial charge in [-0.15, -0.1) is 11.3 Å². The maximum Gasteiger partial charge on any atom is 0.287 e. The van der Waals surface area contributed by atoms with Crippen molar-refractivity contribution in [2.24, 2.45) is 5.10 Å². The van der Waals surface area contributed by atoms with Gasteiger partial charge in [-0.3, -0.25) is 9.59 Å². The quantitative estimate of drug-likeness (QED) is 0.165. The number of nitrogens with one attached hydrogen (secondary N) is 2. The summed E-state index contributed by atoms with van der Waals surface area (Å²) in [5.74, 6) is -0.754. The van der Waals surface area contributed by atoms with Crippen LogP contribution in [0.1, 0.15) is 27.7 Å². The van der Waals surface area contributed by atoms with Crippen LogP contribution in [0.3, 0.4) is 0 Å². The molecule has 32 heavy (non-hydrogen) atoms. The highest BCUT2D eigenvalue weighted by atomic mass is 127. The van der Waals surface area contributed by atoms with E-state index < -0.39 is 11.8 Å². The zero-order valence-corrected chi connectivity index (χ0v) is 20.0. The van der Waals surface area contributed by atoms with Crippen molar-refractivity contribution in [3.05, 3.63) is 85.2 Å². The number of phenols is 1. The van der Waals surface area contributed by atoms with E-state index >= 15 is 0 Å². The third-order valence-corrected chi connectivity index (χ3v) is 5.54. The number of carbonyl (C=O) groups excluding carboxylic acids is 2. The molecular formula is C23H20IN3O4S. The number of thiophene rings is 1. The molecule has 1 aromatic heterocycles. The molecule has 0 aliphatic carbocycles. The summed E-state index contributed by atoms with van der Waals surface area (Å²) in [6, 6.07) is 15.7. The van der Waals surface area contributed by atoms with E-state index in [0.29, 0.717) is 23.5 Å². The van der Waals surface area contributed by atoms with Gasteiger partial charge in [0.25, 0.3) is 11.8 Å². The predicted molar refractivity (Wildman–Crippen MR) is 134 cm³/mol. The second kappa shape index (κ2) is 11.4. The molecule has 0 saturated heterocycles. The lowest BCUT2D eigenvalue weighted by atomic mass is 10.2. The molecule has 0 bridgehead atoms. The van der Waals surface area contributed by atoms with E-state index in [1.165, 1.54) is 17.6 Å². The van der Waals surface area contributed by atoms with Crippen LogP contribution in [0.15, 0.2) is 70.8 Å². The minimum absolute atomic E-state index is 0.0420. The zero-order chi connectivity index (χ0) is 22.9. The number of hydrazone groups is 1. The molecule has 0 radical (unpaired) electrons. The van der Waals surface area contributed by atoms with Crippen LogP contribution in [-0.2, 0) is 4.79 Å². The normalized spacial score (nSPS) is 11.4. The Morgan fingerprint density at radius 3 is 2.66 bits per heavy atom. The largest absolute Gasteiger partial charge is 0.504 e. The first-order chi connectivity index (χ1) is 15.5. The Morgan fingerprint density at radius 1 is 1.19 bits per heavy atom. The molecule has 0 spiro atoms. The van der Waals surface area contributed by atoms with Gasteiger partial charge in [0.05, 0.1) is 12.8 Å². The minimum atomic E-state index is -0.603. The SMILES string of the molecule is CCOc1cc(I)cc(/C=N\NC(=O)/C(=C/c2cccs2)NC(=O)c2ccccc2)c1O. The number of halogens is 1. The van der Waals surface area contributed by atoms with Gasteiger partial charge in [-0.05, 0) is 71.3 Å². The fourth-order valence-electron chi connectivity index (χ4n) is 2.64. The van der Waals surface area contributed by atoms with Crippen LogP contribution < -0.4 is 15.5 Å². The number of aromatic hydroxyl groups is 1. The van der Waals surface area contributed by atoms with Gasteiger partial charge >= 0.3 is 0 Å². The molecular weight excluding hydrogens is 541 g/mol. The molecule has 3 rings (SSSR count). The third-order valence-electron chi connectivity index (χ3n) is 4.10. The van der Waals surface area contributed by atoms with E-state index in [-0.39, 0.29) is 11.4 Å². The Hall–Kier alpha value is -3.18. The molecule has 0 fully saturated rings. The maximum absolute atomic E-state index is 12.8. The number of phenolic OH excluding ortho intramolecular Hbond substituents is 1. The number of carbonyl (C=O) groups is 2. The molecule has 0 atom stereocenters. The predicted octanol–water partition coefficient (Wildman–Crippen LogP) is 4.38. The number of hydrogen-bond donors (Lipinski definition) is 3. The third kappa shape index (κ3) is 6.41. The van der Waals surface area contributed by atoms with Crippen LogP contribution in [0.4, 0.5) is 0 Å². The average Bonchev–Trinajstić information content (AvgIpc) is 3.30. The summed E-state index contributed by atoms with van der Waals surface area (Å²) in [6.07, 6.45) is 2.90. The zero-order valence-electron chi connectivity index (χ0n) is 17.0. The van der Waals surface area contributed by atoms with Gasteiger partial charge in [-0.1, -0.05) is 24.3 Å². The van der Waals surface area contributed by atoms with Gasteiger partial charge in [-0.2, -0.15) is 5.10 Å². The lowest BCUT2D eigenvalue weighted by Gasteiger charge is -2.10. The molecule has 1 heterocycles. The highest BCUT2D eigenvalue weighted by molar-refractivity contribution is 14.1.